The second-order valence-electron chi connectivity index (χ2n) is 9.02. The Morgan fingerprint density at radius 2 is 1.71 bits per heavy atom. The molecule has 5 rings (SSSR count). The van der Waals surface area contributed by atoms with Gasteiger partial charge in [0.1, 0.15) is 0 Å². The summed E-state index contributed by atoms with van der Waals surface area (Å²) < 4.78 is 42.7. The molecule has 8 nitrogen and oxygen atoms in total. The SMILES string of the molecule is Cn1ccnc1SCC1CC(c2ccc(CO)cc2)OC(c2ccc(NS(=O)(=O)c3ccccc3)cc2)O1. The highest BCUT2D eigenvalue weighted by Crippen LogP contribution is 2.39. The summed E-state index contributed by atoms with van der Waals surface area (Å²) in [5, 5.41) is 10.3. The Balaban J connectivity index is 1.33. The zero-order valence-corrected chi connectivity index (χ0v) is 22.4. The lowest BCUT2D eigenvalue weighted by atomic mass is 10.0. The van der Waals surface area contributed by atoms with Crippen LogP contribution in [0.25, 0.3) is 0 Å². The Hall–Kier alpha value is -3.15. The van der Waals surface area contributed by atoms with E-state index in [2.05, 4.69) is 9.71 Å². The van der Waals surface area contributed by atoms with Crippen LogP contribution >= 0.6 is 11.8 Å². The quantitative estimate of drug-likeness (QED) is 0.281. The standard InChI is InChI=1S/C28H29N3O5S2/c1-31-16-15-29-28(31)37-19-24-17-26(21-9-7-20(18-32)8-10-21)36-27(35-24)22-11-13-23(14-12-22)30-38(33,34)25-5-3-2-4-6-25/h2-16,24,26-27,30,32H,17-19H2,1H3. The number of ether oxygens (including phenoxy) is 2. The molecule has 3 unspecified atom stereocenters. The topological polar surface area (TPSA) is 103 Å². The number of benzene rings is 3. The van der Waals surface area contributed by atoms with Crippen LogP contribution in [0.1, 0.15) is 35.5 Å². The summed E-state index contributed by atoms with van der Waals surface area (Å²) in [7, 11) is -1.72. The molecule has 1 fully saturated rings. The number of hydrogen-bond acceptors (Lipinski definition) is 7. The van der Waals surface area contributed by atoms with Gasteiger partial charge in [0, 0.05) is 42.9 Å². The van der Waals surface area contributed by atoms with Crippen LogP contribution in [-0.4, -0.2) is 34.9 Å². The van der Waals surface area contributed by atoms with Crippen LogP contribution < -0.4 is 4.72 Å². The number of hydrogen-bond donors (Lipinski definition) is 2. The Bertz CT molecular complexity index is 1440. The number of thioether (sulfide) groups is 1. The van der Waals surface area contributed by atoms with Gasteiger partial charge in [-0.15, -0.1) is 0 Å². The van der Waals surface area contributed by atoms with Crippen LogP contribution in [-0.2, 0) is 33.2 Å². The van der Waals surface area contributed by atoms with E-state index < -0.39 is 16.3 Å². The van der Waals surface area contributed by atoms with Gasteiger partial charge in [0.05, 0.1) is 23.7 Å². The number of aliphatic hydroxyl groups excluding tert-OH is 1. The van der Waals surface area contributed by atoms with Gasteiger partial charge in [-0.3, -0.25) is 4.72 Å². The number of nitrogens with one attached hydrogen (secondary N) is 1. The lowest BCUT2D eigenvalue weighted by Gasteiger charge is -2.36. The molecule has 2 N–H and O–H groups in total. The van der Waals surface area contributed by atoms with Crippen molar-refractivity contribution in [3.63, 3.8) is 0 Å². The molecule has 38 heavy (non-hydrogen) atoms. The molecule has 1 aliphatic rings. The van der Waals surface area contributed by atoms with Crippen LogP contribution in [0.15, 0.2) is 101 Å². The third-order valence-corrected chi connectivity index (χ3v) is 8.87. The molecule has 0 radical (unpaired) electrons. The lowest BCUT2D eigenvalue weighted by Crippen LogP contribution is -2.31. The Kier molecular flexibility index (Phi) is 8.15. The summed E-state index contributed by atoms with van der Waals surface area (Å²) in [4.78, 5) is 4.59. The van der Waals surface area contributed by atoms with E-state index in [9.17, 15) is 13.5 Å². The number of anilines is 1. The van der Waals surface area contributed by atoms with Crippen molar-refractivity contribution in [1.82, 2.24) is 9.55 Å². The van der Waals surface area contributed by atoms with E-state index >= 15 is 0 Å². The Morgan fingerprint density at radius 1 is 1.00 bits per heavy atom. The fourth-order valence-corrected chi connectivity index (χ4v) is 6.23. The molecule has 1 aromatic heterocycles. The molecular formula is C28H29N3O5S2. The Labute approximate surface area is 226 Å². The van der Waals surface area contributed by atoms with Crippen molar-refractivity contribution in [3.8, 4) is 0 Å². The highest BCUT2D eigenvalue weighted by Gasteiger charge is 2.32. The van der Waals surface area contributed by atoms with Gasteiger partial charge in [0.2, 0.25) is 0 Å². The maximum atomic E-state index is 12.7. The molecule has 0 spiro atoms. The zero-order chi connectivity index (χ0) is 26.5. The number of aliphatic hydroxyl groups is 1. The lowest BCUT2D eigenvalue weighted by molar-refractivity contribution is -0.245. The molecule has 10 heteroatoms. The molecule has 0 saturated carbocycles. The number of aromatic nitrogens is 2. The van der Waals surface area contributed by atoms with Crippen molar-refractivity contribution in [1.29, 1.82) is 0 Å². The molecule has 3 atom stereocenters. The van der Waals surface area contributed by atoms with Crippen molar-refractivity contribution in [2.75, 3.05) is 10.5 Å². The van der Waals surface area contributed by atoms with E-state index in [1.165, 1.54) is 0 Å². The number of nitrogens with zero attached hydrogens (tertiary/aromatic N) is 2. The van der Waals surface area contributed by atoms with E-state index in [4.69, 9.17) is 9.47 Å². The first-order valence-corrected chi connectivity index (χ1v) is 14.7. The minimum atomic E-state index is -3.68. The summed E-state index contributed by atoms with van der Waals surface area (Å²) in [5.41, 5.74) is 3.09. The van der Waals surface area contributed by atoms with Gasteiger partial charge in [-0.25, -0.2) is 13.4 Å². The largest absolute Gasteiger partial charge is 0.392 e. The van der Waals surface area contributed by atoms with Crippen molar-refractivity contribution in [2.24, 2.45) is 7.05 Å². The molecular weight excluding hydrogens is 522 g/mol. The zero-order valence-electron chi connectivity index (χ0n) is 20.8. The first-order valence-electron chi connectivity index (χ1n) is 12.2. The smallest absolute Gasteiger partial charge is 0.261 e. The molecule has 198 valence electrons. The van der Waals surface area contributed by atoms with Gasteiger partial charge in [0.15, 0.2) is 11.4 Å². The number of aryl methyl sites for hydroxylation is 1. The second-order valence-corrected chi connectivity index (χ2v) is 11.7. The molecule has 0 aliphatic carbocycles. The van der Waals surface area contributed by atoms with Crippen molar-refractivity contribution >= 4 is 27.5 Å². The average Bonchev–Trinajstić information content (AvgIpc) is 3.37. The molecule has 0 amide bonds. The summed E-state index contributed by atoms with van der Waals surface area (Å²) in [5.74, 6) is 0.699. The first kappa shape index (κ1) is 26.5. The van der Waals surface area contributed by atoms with Crippen molar-refractivity contribution < 1.29 is 23.0 Å². The predicted octanol–water partition coefficient (Wildman–Crippen LogP) is 5.05. The van der Waals surface area contributed by atoms with E-state index in [0.717, 1.165) is 21.8 Å². The third-order valence-electron chi connectivity index (χ3n) is 6.28. The van der Waals surface area contributed by atoms with E-state index in [0.29, 0.717) is 17.9 Å². The highest BCUT2D eigenvalue weighted by molar-refractivity contribution is 7.99. The van der Waals surface area contributed by atoms with Gasteiger partial charge in [-0.05, 0) is 35.4 Å². The van der Waals surface area contributed by atoms with E-state index in [1.807, 2.05) is 54.2 Å². The summed E-state index contributed by atoms with van der Waals surface area (Å²) in [6.07, 6.45) is 3.42. The van der Waals surface area contributed by atoms with Gasteiger partial charge >= 0.3 is 0 Å². The summed E-state index contributed by atoms with van der Waals surface area (Å²) >= 11 is 1.63. The predicted molar refractivity (Wildman–Crippen MR) is 146 cm³/mol. The van der Waals surface area contributed by atoms with Gasteiger partial charge in [-0.2, -0.15) is 0 Å². The van der Waals surface area contributed by atoms with Crippen molar-refractivity contribution in [2.45, 2.75) is 41.6 Å². The molecule has 1 saturated heterocycles. The molecule has 1 aliphatic heterocycles. The van der Waals surface area contributed by atoms with Crippen LogP contribution in [0.3, 0.4) is 0 Å². The monoisotopic (exact) mass is 551 g/mol. The fraction of sp³-hybridized carbons (Fsp3) is 0.250. The number of rotatable bonds is 9. The average molecular weight is 552 g/mol. The van der Waals surface area contributed by atoms with Gasteiger partial charge < -0.3 is 19.1 Å². The highest BCUT2D eigenvalue weighted by atomic mass is 32.2. The molecule has 3 aromatic carbocycles. The first-order chi connectivity index (χ1) is 18.4. The number of sulfonamides is 1. The van der Waals surface area contributed by atoms with E-state index in [-0.39, 0.29) is 23.7 Å². The normalized spacial score (nSPS) is 19.8. The van der Waals surface area contributed by atoms with Crippen LogP contribution in [0.2, 0.25) is 0 Å². The minimum Gasteiger partial charge on any atom is -0.392 e. The van der Waals surface area contributed by atoms with E-state index in [1.54, 1.807) is 60.4 Å². The minimum absolute atomic E-state index is 0.0130. The fourth-order valence-electron chi connectivity index (χ4n) is 4.20. The summed E-state index contributed by atoms with van der Waals surface area (Å²) in [6.45, 7) is -0.0130. The van der Waals surface area contributed by atoms with Crippen LogP contribution in [0.4, 0.5) is 5.69 Å². The van der Waals surface area contributed by atoms with Gasteiger partial charge in [0.25, 0.3) is 10.0 Å². The van der Waals surface area contributed by atoms with Gasteiger partial charge in [-0.1, -0.05) is 66.4 Å². The van der Waals surface area contributed by atoms with Crippen molar-refractivity contribution in [3.05, 3.63) is 108 Å². The number of imidazole rings is 1. The molecule has 4 aromatic rings. The Morgan fingerprint density at radius 3 is 2.37 bits per heavy atom. The maximum absolute atomic E-state index is 12.7. The van der Waals surface area contributed by atoms with Crippen LogP contribution in [0, 0.1) is 0 Å². The molecule has 0 bridgehead atoms. The van der Waals surface area contributed by atoms with Crippen LogP contribution in [0.5, 0.6) is 0 Å². The second kappa shape index (κ2) is 11.7. The summed E-state index contributed by atoms with van der Waals surface area (Å²) in [6, 6.07) is 23.0. The molecule has 2 heterocycles. The third kappa shape index (κ3) is 6.28. The maximum Gasteiger partial charge on any atom is 0.261 e.